The molecule has 0 aliphatic rings. The van der Waals surface area contributed by atoms with Crippen LogP contribution in [0.15, 0.2) is 6.07 Å². The summed E-state index contributed by atoms with van der Waals surface area (Å²) in [6, 6.07) is 2.04. The summed E-state index contributed by atoms with van der Waals surface area (Å²) in [5.41, 5.74) is 2.17. The minimum Gasteiger partial charge on any atom is -0.355 e. The third-order valence-electron chi connectivity index (χ3n) is 2.48. The van der Waals surface area contributed by atoms with Gasteiger partial charge in [-0.2, -0.15) is 5.10 Å². The molecule has 0 unspecified atom stereocenters. The van der Waals surface area contributed by atoms with Crippen molar-refractivity contribution in [2.24, 2.45) is 0 Å². The lowest BCUT2D eigenvalue weighted by Gasteiger charge is -2.06. The van der Waals surface area contributed by atoms with Crippen LogP contribution in [0.5, 0.6) is 0 Å². The van der Waals surface area contributed by atoms with Gasteiger partial charge in [0.25, 0.3) is 0 Å². The minimum atomic E-state index is -0.0291. The summed E-state index contributed by atoms with van der Waals surface area (Å²) in [5.74, 6) is 2.39. The molecule has 5 heteroatoms. The Morgan fingerprint density at radius 2 is 2.33 bits per heavy atom. The van der Waals surface area contributed by atoms with Gasteiger partial charge in [-0.1, -0.05) is 5.92 Å². The van der Waals surface area contributed by atoms with E-state index < -0.39 is 0 Å². The number of carbonyl (C=O) groups excluding carboxylic acids is 1. The van der Waals surface area contributed by atoms with Crippen LogP contribution >= 0.6 is 0 Å². The molecule has 5 nitrogen and oxygen atoms in total. The molecular formula is C13H20N4O. The molecule has 0 aromatic carbocycles. The normalized spacial score (nSPS) is 10.1. The fourth-order valence-corrected chi connectivity index (χ4v) is 1.67. The van der Waals surface area contributed by atoms with Gasteiger partial charge in [0.05, 0.1) is 18.8 Å². The summed E-state index contributed by atoms with van der Waals surface area (Å²) in [7, 11) is 0. The monoisotopic (exact) mass is 248 g/mol. The maximum atomic E-state index is 11.3. The van der Waals surface area contributed by atoms with Gasteiger partial charge in [-0.3, -0.25) is 14.8 Å². The van der Waals surface area contributed by atoms with Crippen molar-refractivity contribution in [3.63, 3.8) is 0 Å². The molecule has 98 valence electrons. The first-order valence-corrected chi connectivity index (χ1v) is 6.05. The highest BCUT2D eigenvalue weighted by molar-refractivity contribution is 5.77. The van der Waals surface area contributed by atoms with Gasteiger partial charge in [0.15, 0.2) is 0 Å². The van der Waals surface area contributed by atoms with Crippen molar-refractivity contribution in [1.82, 2.24) is 20.4 Å². The molecule has 0 atom stereocenters. The van der Waals surface area contributed by atoms with E-state index in [0.29, 0.717) is 13.1 Å². The van der Waals surface area contributed by atoms with Crippen LogP contribution in [0.3, 0.4) is 0 Å². The molecule has 0 aliphatic heterocycles. The first-order valence-electron chi connectivity index (χ1n) is 6.05. The van der Waals surface area contributed by atoms with Crippen molar-refractivity contribution in [2.75, 3.05) is 19.6 Å². The number of aryl methyl sites for hydroxylation is 3. The molecule has 1 heterocycles. The lowest BCUT2D eigenvalue weighted by molar-refractivity contribution is -0.120. The lowest BCUT2D eigenvalue weighted by Crippen LogP contribution is -2.34. The topological polar surface area (TPSA) is 59.0 Å². The molecular weight excluding hydrogens is 228 g/mol. The van der Waals surface area contributed by atoms with Gasteiger partial charge >= 0.3 is 0 Å². The summed E-state index contributed by atoms with van der Waals surface area (Å²) in [5, 5.41) is 10.0. The molecule has 1 aromatic rings. The molecule has 1 aromatic heterocycles. The van der Waals surface area contributed by atoms with Gasteiger partial charge in [-0.25, -0.2) is 0 Å². The highest BCUT2D eigenvalue weighted by Crippen LogP contribution is 2.01. The Labute approximate surface area is 108 Å². The number of nitrogens with one attached hydrogen (secondary N) is 2. The van der Waals surface area contributed by atoms with Crippen LogP contribution in [0.1, 0.15) is 17.8 Å². The molecule has 0 aliphatic carbocycles. The first-order chi connectivity index (χ1) is 8.63. The number of terminal acetylenes is 1. The van der Waals surface area contributed by atoms with Crippen LogP contribution in [0.25, 0.3) is 0 Å². The van der Waals surface area contributed by atoms with E-state index in [1.807, 2.05) is 24.6 Å². The molecule has 0 saturated heterocycles. The second-order valence-electron chi connectivity index (χ2n) is 4.16. The zero-order chi connectivity index (χ0) is 13.4. The van der Waals surface area contributed by atoms with Gasteiger partial charge < -0.3 is 5.32 Å². The Kier molecular flexibility index (Phi) is 5.95. The number of aromatic nitrogens is 2. The largest absolute Gasteiger partial charge is 0.355 e. The molecule has 1 rings (SSSR count). The number of amides is 1. The summed E-state index contributed by atoms with van der Waals surface area (Å²) >= 11 is 0. The van der Waals surface area contributed by atoms with Crippen LogP contribution in [-0.4, -0.2) is 35.3 Å². The van der Waals surface area contributed by atoms with Crippen molar-refractivity contribution < 1.29 is 4.79 Å². The van der Waals surface area contributed by atoms with Gasteiger partial charge in [0, 0.05) is 18.8 Å². The summed E-state index contributed by atoms with van der Waals surface area (Å²) in [6.45, 7) is 6.15. The van der Waals surface area contributed by atoms with Crippen LogP contribution in [0, 0.1) is 26.2 Å². The molecule has 0 saturated carbocycles. The zero-order valence-electron chi connectivity index (χ0n) is 11.0. The van der Waals surface area contributed by atoms with E-state index in [2.05, 4.69) is 21.7 Å². The Morgan fingerprint density at radius 1 is 1.56 bits per heavy atom. The third-order valence-corrected chi connectivity index (χ3v) is 2.48. The van der Waals surface area contributed by atoms with Crippen LogP contribution in [-0.2, 0) is 11.3 Å². The van der Waals surface area contributed by atoms with Gasteiger partial charge in [0.2, 0.25) is 5.91 Å². The molecule has 0 fully saturated rings. The first kappa shape index (κ1) is 14.3. The van der Waals surface area contributed by atoms with Crippen LogP contribution < -0.4 is 10.6 Å². The Hall–Kier alpha value is -1.80. The van der Waals surface area contributed by atoms with E-state index >= 15 is 0 Å². The molecule has 2 N–H and O–H groups in total. The standard InChI is InChI=1S/C13H20N4O/c1-4-6-14-10-13(18)15-7-5-8-17-12(3)9-11(2)16-17/h1,9,14H,5-8,10H2,2-3H3,(H,15,18). The number of rotatable bonds is 7. The number of hydrogen-bond acceptors (Lipinski definition) is 3. The van der Waals surface area contributed by atoms with Gasteiger partial charge in [0.1, 0.15) is 0 Å². The number of carbonyl (C=O) groups is 1. The van der Waals surface area contributed by atoms with Gasteiger partial charge in [-0.15, -0.1) is 6.42 Å². The maximum absolute atomic E-state index is 11.3. The maximum Gasteiger partial charge on any atom is 0.233 e. The van der Waals surface area contributed by atoms with Crippen molar-refractivity contribution in [2.45, 2.75) is 26.8 Å². The quantitative estimate of drug-likeness (QED) is 0.536. The summed E-state index contributed by atoms with van der Waals surface area (Å²) in [4.78, 5) is 11.3. The predicted octanol–water partition coefficient (Wildman–Crippen LogP) is 0.229. The smallest absolute Gasteiger partial charge is 0.233 e. The highest BCUT2D eigenvalue weighted by Gasteiger charge is 2.01. The lowest BCUT2D eigenvalue weighted by atomic mass is 10.4. The molecule has 0 bridgehead atoms. The fraction of sp³-hybridized carbons (Fsp3) is 0.538. The van der Waals surface area contributed by atoms with Crippen molar-refractivity contribution in [3.8, 4) is 12.3 Å². The summed E-state index contributed by atoms with van der Waals surface area (Å²) in [6.07, 6.45) is 5.93. The second kappa shape index (κ2) is 7.51. The van der Waals surface area contributed by atoms with E-state index in [4.69, 9.17) is 6.42 Å². The van der Waals surface area contributed by atoms with E-state index in [-0.39, 0.29) is 12.5 Å². The minimum absolute atomic E-state index is 0.0291. The average Bonchev–Trinajstić information content (AvgIpc) is 2.64. The van der Waals surface area contributed by atoms with E-state index in [1.54, 1.807) is 0 Å². The second-order valence-corrected chi connectivity index (χ2v) is 4.16. The van der Waals surface area contributed by atoms with E-state index in [1.165, 1.54) is 0 Å². The molecule has 18 heavy (non-hydrogen) atoms. The SMILES string of the molecule is C#CCNCC(=O)NCCCn1nc(C)cc1C. The fourth-order valence-electron chi connectivity index (χ4n) is 1.67. The molecule has 1 amide bonds. The van der Waals surface area contributed by atoms with E-state index in [9.17, 15) is 4.79 Å². The van der Waals surface area contributed by atoms with E-state index in [0.717, 1.165) is 24.4 Å². The van der Waals surface area contributed by atoms with Crippen LogP contribution in [0.2, 0.25) is 0 Å². The number of hydrogen-bond donors (Lipinski definition) is 2. The Bertz CT molecular complexity index is 431. The molecule has 0 radical (unpaired) electrons. The van der Waals surface area contributed by atoms with Crippen LogP contribution in [0.4, 0.5) is 0 Å². The Morgan fingerprint density at radius 3 is 2.94 bits per heavy atom. The zero-order valence-corrected chi connectivity index (χ0v) is 11.0. The highest BCUT2D eigenvalue weighted by atomic mass is 16.1. The van der Waals surface area contributed by atoms with Crippen molar-refractivity contribution in [1.29, 1.82) is 0 Å². The Balaban J connectivity index is 2.13. The number of nitrogens with zero attached hydrogens (tertiary/aromatic N) is 2. The average molecular weight is 248 g/mol. The predicted molar refractivity (Wildman–Crippen MR) is 71.0 cm³/mol. The van der Waals surface area contributed by atoms with Crippen molar-refractivity contribution >= 4 is 5.91 Å². The van der Waals surface area contributed by atoms with Gasteiger partial charge in [-0.05, 0) is 26.3 Å². The molecule has 0 spiro atoms. The van der Waals surface area contributed by atoms with Crippen molar-refractivity contribution in [3.05, 3.63) is 17.5 Å². The summed E-state index contributed by atoms with van der Waals surface area (Å²) < 4.78 is 1.96. The third kappa shape index (κ3) is 5.02.